The summed E-state index contributed by atoms with van der Waals surface area (Å²) in [7, 11) is 0. The van der Waals surface area contributed by atoms with Crippen molar-refractivity contribution in [3.05, 3.63) is 11.4 Å². The van der Waals surface area contributed by atoms with Crippen LogP contribution in [0.15, 0.2) is 0 Å². The summed E-state index contributed by atoms with van der Waals surface area (Å²) >= 11 is 0. The molecule has 1 aromatic heterocycles. The topological polar surface area (TPSA) is 80.5 Å². The molecule has 2 aliphatic rings. The van der Waals surface area contributed by atoms with E-state index in [2.05, 4.69) is 10.3 Å². The van der Waals surface area contributed by atoms with Crippen LogP contribution in [0.3, 0.4) is 0 Å². The van der Waals surface area contributed by atoms with Crippen molar-refractivity contribution in [2.75, 3.05) is 13.2 Å². The molecule has 122 valence electrons. The third kappa shape index (κ3) is 3.09. The van der Waals surface area contributed by atoms with E-state index in [1.165, 1.54) is 12.8 Å². The molecule has 0 bridgehead atoms. The lowest BCUT2D eigenvalue weighted by molar-refractivity contribution is 0.00611. The summed E-state index contributed by atoms with van der Waals surface area (Å²) < 4.78 is 7.37. The van der Waals surface area contributed by atoms with Gasteiger partial charge >= 0.3 is 6.09 Å². The van der Waals surface area contributed by atoms with Crippen LogP contribution in [0.1, 0.15) is 51.0 Å². The zero-order valence-electron chi connectivity index (χ0n) is 13.4. The minimum Gasteiger partial charge on any atom is -0.444 e. The number of hydrogen-bond acceptors (Lipinski definition) is 5. The minimum atomic E-state index is -0.555. The predicted molar refractivity (Wildman–Crippen MR) is 79.2 cm³/mol. The lowest BCUT2D eigenvalue weighted by Gasteiger charge is -2.35. The van der Waals surface area contributed by atoms with Crippen LogP contribution in [0, 0.1) is 5.92 Å². The Bertz CT molecular complexity index is 560. The van der Waals surface area contributed by atoms with Gasteiger partial charge < -0.3 is 9.84 Å². The monoisotopic (exact) mass is 308 g/mol. The van der Waals surface area contributed by atoms with Crippen molar-refractivity contribution >= 4 is 6.09 Å². The van der Waals surface area contributed by atoms with Crippen LogP contribution in [0.2, 0.25) is 0 Å². The second-order valence-electron chi connectivity index (χ2n) is 7.17. The van der Waals surface area contributed by atoms with Crippen molar-refractivity contribution in [1.29, 1.82) is 0 Å². The predicted octanol–water partition coefficient (Wildman–Crippen LogP) is 1.51. The van der Waals surface area contributed by atoms with Gasteiger partial charge in [-0.15, -0.1) is 5.10 Å². The lowest BCUT2D eigenvalue weighted by atomic mass is 10.0. The van der Waals surface area contributed by atoms with Gasteiger partial charge in [0.1, 0.15) is 17.3 Å². The molecule has 3 rings (SSSR count). The molecule has 1 N–H and O–H groups in total. The SMILES string of the molecule is CC(C)(C)OC(=O)N1CCc2c(nnn2CC2CC2)C1CO. The molecule has 1 atom stereocenters. The van der Waals surface area contributed by atoms with E-state index in [1.807, 2.05) is 25.5 Å². The van der Waals surface area contributed by atoms with Gasteiger partial charge in [0.2, 0.25) is 0 Å². The fraction of sp³-hybridized carbons (Fsp3) is 0.800. The fourth-order valence-electron chi connectivity index (χ4n) is 2.81. The van der Waals surface area contributed by atoms with Crippen LogP contribution in [0.5, 0.6) is 0 Å². The lowest BCUT2D eigenvalue weighted by Crippen LogP contribution is -2.44. The van der Waals surface area contributed by atoms with E-state index in [0.717, 1.165) is 12.2 Å². The van der Waals surface area contributed by atoms with Gasteiger partial charge in [-0.25, -0.2) is 9.48 Å². The number of rotatable bonds is 3. The molecule has 22 heavy (non-hydrogen) atoms. The molecule has 1 aliphatic heterocycles. The van der Waals surface area contributed by atoms with Gasteiger partial charge in [0.25, 0.3) is 0 Å². The molecule has 0 radical (unpaired) electrons. The van der Waals surface area contributed by atoms with Crippen molar-refractivity contribution in [2.24, 2.45) is 5.92 Å². The highest BCUT2D eigenvalue weighted by Crippen LogP contribution is 2.33. The van der Waals surface area contributed by atoms with Crippen LogP contribution in [-0.2, 0) is 17.7 Å². The summed E-state index contributed by atoms with van der Waals surface area (Å²) in [5, 5.41) is 18.2. The second kappa shape index (κ2) is 5.53. The van der Waals surface area contributed by atoms with Gasteiger partial charge in [-0.1, -0.05) is 5.21 Å². The first-order valence-corrected chi connectivity index (χ1v) is 7.92. The van der Waals surface area contributed by atoms with E-state index in [9.17, 15) is 9.90 Å². The maximum atomic E-state index is 12.3. The highest BCUT2D eigenvalue weighted by atomic mass is 16.6. The van der Waals surface area contributed by atoms with Crippen LogP contribution in [-0.4, -0.2) is 49.8 Å². The van der Waals surface area contributed by atoms with Crippen LogP contribution < -0.4 is 0 Å². The van der Waals surface area contributed by atoms with Crippen molar-refractivity contribution in [2.45, 2.75) is 58.2 Å². The molecule has 1 aliphatic carbocycles. The average Bonchev–Trinajstić information content (AvgIpc) is 3.15. The quantitative estimate of drug-likeness (QED) is 0.915. The Balaban J connectivity index is 1.79. The Morgan fingerprint density at radius 1 is 1.41 bits per heavy atom. The Labute approximate surface area is 130 Å². The van der Waals surface area contributed by atoms with Gasteiger partial charge in [-0.3, -0.25) is 4.90 Å². The number of ether oxygens (including phenoxy) is 1. The van der Waals surface area contributed by atoms with Crippen LogP contribution in [0.4, 0.5) is 4.79 Å². The number of carbonyl (C=O) groups is 1. The molecule has 7 heteroatoms. The first-order chi connectivity index (χ1) is 10.4. The van der Waals surface area contributed by atoms with Gasteiger partial charge in [-0.05, 0) is 39.5 Å². The Kier molecular flexibility index (Phi) is 3.84. The number of amides is 1. The van der Waals surface area contributed by atoms with Crippen molar-refractivity contribution in [3.63, 3.8) is 0 Å². The molecule has 1 fully saturated rings. The standard InChI is InChI=1S/C15H24N4O3/c1-15(2,3)22-14(21)18-7-6-11-13(12(18)9-20)16-17-19(11)8-10-4-5-10/h10,12,20H,4-9H2,1-3H3. The molecule has 0 saturated heterocycles. The molecule has 0 aromatic carbocycles. The Morgan fingerprint density at radius 3 is 2.73 bits per heavy atom. The summed E-state index contributed by atoms with van der Waals surface area (Å²) in [6, 6.07) is -0.466. The summed E-state index contributed by atoms with van der Waals surface area (Å²) in [6.45, 7) is 6.74. The molecule has 2 heterocycles. The van der Waals surface area contributed by atoms with Gasteiger partial charge in [0, 0.05) is 19.5 Å². The van der Waals surface area contributed by atoms with E-state index in [1.54, 1.807) is 4.90 Å². The Hall–Kier alpha value is -1.63. The highest BCUT2D eigenvalue weighted by molar-refractivity contribution is 5.69. The van der Waals surface area contributed by atoms with Crippen molar-refractivity contribution in [3.8, 4) is 0 Å². The third-order valence-corrected chi connectivity index (χ3v) is 4.08. The smallest absolute Gasteiger partial charge is 0.410 e. The maximum Gasteiger partial charge on any atom is 0.410 e. The number of fused-ring (bicyclic) bond motifs is 1. The molecule has 1 amide bonds. The summed E-state index contributed by atoms with van der Waals surface area (Å²) in [5.41, 5.74) is 1.20. The molecule has 1 unspecified atom stereocenters. The first-order valence-electron chi connectivity index (χ1n) is 7.92. The molecular weight excluding hydrogens is 284 g/mol. The number of aliphatic hydroxyl groups excluding tert-OH is 1. The first kappa shape index (κ1) is 15.3. The number of aliphatic hydroxyl groups is 1. The summed E-state index contributed by atoms with van der Waals surface area (Å²) in [5.74, 6) is 0.710. The summed E-state index contributed by atoms with van der Waals surface area (Å²) in [4.78, 5) is 13.9. The van der Waals surface area contributed by atoms with Crippen molar-refractivity contribution < 1.29 is 14.6 Å². The molecule has 0 spiro atoms. The van der Waals surface area contributed by atoms with E-state index in [-0.39, 0.29) is 6.61 Å². The van der Waals surface area contributed by atoms with E-state index in [0.29, 0.717) is 24.6 Å². The number of hydrogen-bond donors (Lipinski definition) is 1. The largest absolute Gasteiger partial charge is 0.444 e. The number of aromatic nitrogens is 3. The van der Waals surface area contributed by atoms with Crippen LogP contribution >= 0.6 is 0 Å². The van der Waals surface area contributed by atoms with E-state index >= 15 is 0 Å². The average molecular weight is 308 g/mol. The van der Waals surface area contributed by atoms with Gasteiger partial charge in [0.15, 0.2) is 0 Å². The molecule has 7 nitrogen and oxygen atoms in total. The molecule has 1 saturated carbocycles. The van der Waals surface area contributed by atoms with Gasteiger partial charge in [-0.2, -0.15) is 0 Å². The summed E-state index contributed by atoms with van der Waals surface area (Å²) in [6.07, 6.45) is 2.79. The number of carbonyl (C=O) groups excluding carboxylic acids is 1. The minimum absolute atomic E-state index is 0.172. The van der Waals surface area contributed by atoms with E-state index < -0.39 is 17.7 Å². The normalized spacial score (nSPS) is 21.6. The number of nitrogens with zero attached hydrogens (tertiary/aromatic N) is 4. The van der Waals surface area contributed by atoms with Crippen molar-refractivity contribution in [1.82, 2.24) is 19.9 Å². The van der Waals surface area contributed by atoms with Gasteiger partial charge in [0.05, 0.1) is 12.3 Å². The van der Waals surface area contributed by atoms with Crippen LogP contribution in [0.25, 0.3) is 0 Å². The zero-order valence-corrected chi connectivity index (χ0v) is 13.4. The third-order valence-electron chi connectivity index (χ3n) is 4.08. The maximum absolute atomic E-state index is 12.3. The highest BCUT2D eigenvalue weighted by Gasteiger charge is 2.37. The van der Waals surface area contributed by atoms with E-state index in [4.69, 9.17) is 4.74 Å². The second-order valence-corrected chi connectivity index (χ2v) is 7.17. The Morgan fingerprint density at radius 2 is 2.14 bits per heavy atom. The fourth-order valence-corrected chi connectivity index (χ4v) is 2.81. The molecular formula is C15H24N4O3. The molecule has 1 aromatic rings. The zero-order chi connectivity index (χ0) is 15.9.